The van der Waals surface area contributed by atoms with Gasteiger partial charge in [0, 0.05) is 13.1 Å². The van der Waals surface area contributed by atoms with Crippen molar-refractivity contribution in [2.24, 2.45) is 5.73 Å². The van der Waals surface area contributed by atoms with E-state index in [4.69, 9.17) is 38.4 Å². The van der Waals surface area contributed by atoms with Gasteiger partial charge in [0.15, 0.2) is 5.75 Å². The lowest BCUT2D eigenvalue weighted by Crippen LogP contribution is -2.47. The minimum atomic E-state index is -0.347. The highest BCUT2D eigenvalue weighted by molar-refractivity contribution is 6.37. The number of para-hydroxylation sites is 1. The Hall–Kier alpha value is -1.01. The van der Waals surface area contributed by atoms with Crippen LogP contribution in [0.2, 0.25) is 10.0 Å². The summed E-state index contributed by atoms with van der Waals surface area (Å²) in [6.07, 6.45) is -0.143. The SMILES string of the molecule is NC(=O)CN1CCOC(COc2c(Cl)cccc2Cl)C1. The van der Waals surface area contributed by atoms with Gasteiger partial charge in [0.25, 0.3) is 0 Å². The molecule has 0 radical (unpaired) electrons. The summed E-state index contributed by atoms with van der Waals surface area (Å²) in [5.74, 6) is 0.104. The van der Waals surface area contributed by atoms with Crippen LogP contribution in [0, 0.1) is 0 Å². The molecule has 1 saturated heterocycles. The number of benzene rings is 1. The molecule has 7 heteroatoms. The summed E-state index contributed by atoms with van der Waals surface area (Å²) in [5, 5.41) is 0.921. The second kappa shape index (κ2) is 7.13. The number of ether oxygens (including phenoxy) is 2. The average Bonchev–Trinajstić information content (AvgIpc) is 2.38. The molecule has 1 fully saturated rings. The van der Waals surface area contributed by atoms with Crippen molar-refractivity contribution < 1.29 is 14.3 Å². The van der Waals surface area contributed by atoms with E-state index in [9.17, 15) is 4.79 Å². The zero-order valence-corrected chi connectivity index (χ0v) is 12.4. The van der Waals surface area contributed by atoms with Gasteiger partial charge in [0.1, 0.15) is 12.7 Å². The Balaban J connectivity index is 1.89. The number of rotatable bonds is 5. The van der Waals surface area contributed by atoms with Gasteiger partial charge in [0.2, 0.25) is 5.91 Å². The number of nitrogens with two attached hydrogens (primary N) is 1. The smallest absolute Gasteiger partial charge is 0.231 e. The predicted molar refractivity (Wildman–Crippen MR) is 77.3 cm³/mol. The first-order valence-electron chi connectivity index (χ1n) is 6.25. The molecule has 1 aromatic carbocycles. The number of hydrogen-bond donors (Lipinski definition) is 1. The lowest BCUT2D eigenvalue weighted by atomic mass is 10.2. The monoisotopic (exact) mass is 318 g/mol. The Labute approximate surface area is 127 Å². The first kappa shape index (κ1) is 15.4. The molecule has 0 bridgehead atoms. The van der Waals surface area contributed by atoms with E-state index >= 15 is 0 Å². The second-order valence-electron chi connectivity index (χ2n) is 4.56. The Kier molecular flexibility index (Phi) is 5.48. The van der Waals surface area contributed by atoms with E-state index in [0.29, 0.717) is 42.1 Å². The Bertz CT molecular complexity index is 464. The molecule has 1 aliphatic heterocycles. The summed E-state index contributed by atoms with van der Waals surface area (Å²) in [6, 6.07) is 5.18. The molecule has 0 spiro atoms. The van der Waals surface area contributed by atoms with Crippen LogP contribution in [-0.2, 0) is 9.53 Å². The van der Waals surface area contributed by atoms with Gasteiger partial charge in [-0.1, -0.05) is 29.3 Å². The summed E-state index contributed by atoms with van der Waals surface area (Å²) in [5.41, 5.74) is 5.19. The molecule has 20 heavy (non-hydrogen) atoms. The maximum absolute atomic E-state index is 10.9. The zero-order valence-electron chi connectivity index (χ0n) is 10.9. The number of amides is 1. The summed E-state index contributed by atoms with van der Waals surface area (Å²) in [6.45, 7) is 2.36. The Morgan fingerprint density at radius 1 is 1.45 bits per heavy atom. The fraction of sp³-hybridized carbons (Fsp3) is 0.462. The zero-order chi connectivity index (χ0) is 14.5. The average molecular weight is 319 g/mol. The summed E-state index contributed by atoms with van der Waals surface area (Å²) in [7, 11) is 0. The number of morpholine rings is 1. The van der Waals surface area contributed by atoms with Gasteiger partial charge in [-0.2, -0.15) is 0 Å². The van der Waals surface area contributed by atoms with E-state index in [0.717, 1.165) is 0 Å². The van der Waals surface area contributed by atoms with Crippen molar-refractivity contribution in [3.63, 3.8) is 0 Å². The molecular formula is C13H16Cl2N2O3. The lowest BCUT2D eigenvalue weighted by Gasteiger charge is -2.31. The molecule has 1 aromatic rings. The lowest BCUT2D eigenvalue weighted by molar-refractivity contribution is -0.121. The van der Waals surface area contributed by atoms with Crippen molar-refractivity contribution in [1.29, 1.82) is 0 Å². The maximum Gasteiger partial charge on any atom is 0.231 e. The maximum atomic E-state index is 10.9. The van der Waals surface area contributed by atoms with Crippen LogP contribution in [0.3, 0.4) is 0 Å². The van der Waals surface area contributed by atoms with Gasteiger partial charge in [-0.25, -0.2) is 0 Å². The molecule has 0 saturated carbocycles. The number of primary amides is 1. The van der Waals surface area contributed by atoms with E-state index < -0.39 is 0 Å². The second-order valence-corrected chi connectivity index (χ2v) is 5.37. The third kappa shape index (κ3) is 4.24. The van der Waals surface area contributed by atoms with Crippen LogP contribution in [0.25, 0.3) is 0 Å². The van der Waals surface area contributed by atoms with Crippen molar-refractivity contribution in [3.05, 3.63) is 28.2 Å². The molecule has 5 nitrogen and oxygen atoms in total. The first-order chi connectivity index (χ1) is 9.56. The van der Waals surface area contributed by atoms with Gasteiger partial charge < -0.3 is 15.2 Å². The molecule has 1 aliphatic rings. The Morgan fingerprint density at radius 3 is 2.80 bits per heavy atom. The fourth-order valence-corrected chi connectivity index (χ4v) is 2.55. The van der Waals surface area contributed by atoms with Gasteiger partial charge in [-0.15, -0.1) is 0 Å². The van der Waals surface area contributed by atoms with Crippen molar-refractivity contribution in [3.8, 4) is 5.75 Å². The van der Waals surface area contributed by atoms with Crippen LogP contribution in [0.5, 0.6) is 5.75 Å². The molecule has 1 atom stereocenters. The third-order valence-electron chi connectivity index (χ3n) is 2.93. The molecular weight excluding hydrogens is 303 g/mol. The van der Waals surface area contributed by atoms with Crippen molar-refractivity contribution in [2.45, 2.75) is 6.10 Å². The van der Waals surface area contributed by atoms with Crippen molar-refractivity contribution in [1.82, 2.24) is 4.90 Å². The van der Waals surface area contributed by atoms with Crippen LogP contribution >= 0.6 is 23.2 Å². The normalized spacial score (nSPS) is 19.8. The highest BCUT2D eigenvalue weighted by atomic mass is 35.5. The topological polar surface area (TPSA) is 64.8 Å². The van der Waals surface area contributed by atoms with Crippen LogP contribution in [-0.4, -0.2) is 49.8 Å². The van der Waals surface area contributed by atoms with Crippen LogP contribution in [0.1, 0.15) is 0 Å². The van der Waals surface area contributed by atoms with E-state index in [1.165, 1.54) is 0 Å². The standard InChI is InChI=1S/C13H16Cl2N2O3/c14-10-2-1-3-11(15)13(10)20-8-9-6-17(4-5-19-9)7-12(16)18/h1-3,9H,4-8H2,(H2,16,18). The third-order valence-corrected chi connectivity index (χ3v) is 3.53. The predicted octanol–water partition coefficient (Wildman–Crippen LogP) is 1.56. The highest BCUT2D eigenvalue weighted by Crippen LogP contribution is 2.32. The first-order valence-corrected chi connectivity index (χ1v) is 7.01. The van der Waals surface area contributed by atoms with Gasteiger partial charge in [-0.05, 0) is 12.1 Å². The van der Waals surface area contributed by atoms with Crippen LogP contribution in [0.15, 0.2) is 18.2 Å². The number of carbonyl (C=O) groups is 1. The quantitative estimate of drug-likeness (QED) is 0.894. The molecule has 0 aromatic heterocycles. The van der Waals surface area contributed by atoms with E-state index in [2.05, 4.69) is 0 Å². The summed E-state index contributed by atoms with van der Waals surface area (Å²) in [4.78, 5) is 12.9. The summed E-state index contributed by atoms with van der Waals surface area (Å²) < 4.78 is 11.2. The minimum absolute atomic E-state index is 0.143. The number of hydrogen-bond acceptors (Lipinski definition) is 4. The van der Waals surface area contributed by atoms with Gasteiger partial charge in [-0.3, -0.25) is 9.69 Å². The fourth-order valence-electron chi connectivity index (χ4n) is 2.04. The number of carbonyl (C=O) groups excluding carboxylic acids is 1. The van der Waals surface area contributed by atoms with Gasteiger partial charge in [0.05, 0.1) is 23.2 Å². The van der Waals surface area contributed by atoms with Crippen molar-refractivity contribution >= 4 is 29.1 Å². The van der Waals surface area contributed by atoms with Crippen molar-refractivity contribution in [2.75, 3.05) is 32.8 Å². The molecule has 0 aliphatic carbocycles. The van der Waals surface area contributed by atoms with Crippen LogP contribution in [0.4, 0.5) is 0 Å². The Morgan fingerprint density at radius 2 is 2.15 bits per heavy atom. The van der Waals surface area contributed by atoms with E-state index in [-0.39, 0.29) is 18.6 Å². The van der Waals surface area contributed by atoms with E-state index in [1.54, 1.807) is 18.2 Å². The summed E-state index contributed by atoms with van der Waals surface area (Å²) >= 11 is 12.0. The number of nitrogens with zero attached hydrogens (tertiary/aromatic N) is 1. The molecule has 1 heterocycles. The van der Waals surface area contributed by atoms with Crippen LogP contribution < -0.4 is 10.5 Å². The minimum Gasteiger partial charge on any atom is -0.488 e. The van der Waals surface area contributed by atoms with E-state index in [1.807, 2.05) is 4.90 Å². The molecule has 1 amide bonds. The number of halogens is 2. The molecule has 2 N–H and O–H groups in total. The molecule has 1 unspecified atom stereocenters. The largest absolute Gasteiger partial charge is 0.488 e. The molecule has 2 rings (SSSR count). The van der Waals surface area contributed by atoms with Gasteiger partial charge >= 0.3 is 0 Å². The molecule has 110 valence electrons. The highest BCUT2D eigenvalue weighted by Gasteiger charge is 2.22.